The molecule has 25 heavy (non-hydrogen) atoms. The number of aromatic hydroxyl groups is 1. The summed E-state index contributed by atoms with van der Waals surface area (Å²) >= 11 is 12.1. The van der Waals surface area contributed by atoms with E-state index in [4.69, 9.17) is 27.9 Å². The zero-order chi connectivity index (χ0) is 18.7. The zero-order valence-electron chi connectivity index (χ0n) is 14.6. The third-order valence-corrected chi connectivity index (χ3v) is 4.80. The minimum absolute atomic E-state index is 0.117. The molecular formula is C19H21Cl2NO3. The topological polar surface area (TPSA) is 58.6 Å². The van der Waals surface area contributed by atoms with Gasteiger partial charge < -0.3 is 15.2 Å². The van der Waals surface area contributed by atoms with Crippen molar-refractivity contribution < 1.29 is 14.6 Å². The standard InChI is InChI=1S/C19H21Cl2NO3/c1-5-15(25-16-7-6-10(2)8-11(16)3)19(24)22-14-9-13(20)12(4)17(21)18(14)23/h6-9,15,23H,5H2,1-4H3,(H,22,24). The molecule has 2 N–H and O–H groups in total. The van der Waals surface area contributed by atoms with Crippen molar-refractivity contribution in [2.75, 3.05) is 5.32 Å². The van der Waals surface area contributed by atoms with Crippen LogP contribution in [0.3, 0.4) is 0 Å². The molecule has 0 saturated heterocycles. The number of halogens is 2. The van der Waals surface area contributed by atoms with Crippen molar-refractivity contribution in [1.29, 1.82) is 0 Å². The molecule has 2 aromatic rings. The number of benzene rings is 2. The maximum absolute atomic E-state index is 12.6. The number of nitrogens with one attached hydrogen (secondary N) is 1. The van der Waals surface area contributed by atoms with E-state index in [1.54, 1.807) is 6.92 Å². The van der Waals surface area contributed by atoms with Crippen LogP contribution in [0.2, 0.25) is 10.0 Å². The van der Waals surface area contributed by atoms with Crippen molar-refractivity contribution in [3.05, 3.63) is 51.0 Å². The number of hydrogen-bond donors (Lipinski definition) is 2. The molecule has 2 aromatic carbocycles. The van der Waals surface area contributed by atoms with Gasteiger partial charge in [-0.1, -0.05) is 47.8 Å². The van der Waals surface area contributed by atoms with E-state index < -0.39 is 6.10 Å². The first-order valence-corrected chi connectivity index (χ1v) is 8.72. The van der Waals surface area contributed by atoms with Gasteiger partial charge in [-0.05, 0) is 50.5 Å². The van der Waals surface area contributed by atoms with E-state index in [2.05, 4.69) is 5.32 Å². The average molecular weight is 382 g/mol. The lowest BCUT2D eigenvalue weighted by Gasteiger charge is -2.20. The van der Waals surface area contributed by atoms with Crippen molar-refractivity contribution in [3.8, 4) is 11.5 Å². The summed E-state index contributed by atoms with van der Waals surface area (Å²) in [4.78, 5) is 12.6. The highest BCUT2D eigenvalue weighted by Gasteiger charge is 2.22. The van der Waals surface area contributed by atoms with Crippen LogP contribution in [0.1, 0.15) is 30.0 Å². The molecule has 0 aromatic heterocycles. The van der Waals surface area contributed by atoms with Crippen LogP contribution < -0.4 is 10.1 Å². The molecule has 1 atom stereocenters. The number of phenols is 1. The van der Waals surface area contributed by atoms with Gasteiger partial charge in [-0.15, -0.1) is 0 Å². The zero-order valence-corrected chi connectivity index (χ0v) is 16.1. The Hall–Kier alpha value is -1.91. The number of rotatable bonds is 5. The molecule has 2 rings (SSSR count). The van der Waals surface area contributed by atoms with Crippen LogP contribution >= 0.6 is 23.2 Å². The van der Waals surface area contributed by atoms with Gasteiger partial charge in [-0.3, -0.25) is 4.79 Å². The summed E-state index contributed by atoms with van der Waals surface area (Å²) in [6.45, 7) is 7.46. The summed E-state index contributed by atoms with van der Waals surface area (Å²) < 4.78 is 5.85. The summed E-state index contributed by atoms with van der Waals surface area (Å²) in [5.74, 6) is 0.0591. The molecule has 0 radical (unpaired) electrons. The molecule has 0 bridgehead atoms. The molecule has 0 saturated carbocycles. The van der Waals surface area contributed by atoms with Crippen LogP contribution in [0.25, 0.3) is 0 Å². The molecule has 0 aliphatic heterocycles. The first kappa shape index (κ1) is 19.4. The lowest BCUT2D eigenvalue weighted by Crippen LogP contribution is -2.32. The highest BCUT2D eigenvalue weighted by molar-refractivity contribution is 6.37. The summed E-state index contributed by atoms with van der Waals surface area (Å²) in [6.07, 6.45) is -0.243. The molecule has 4 nitrogen and oxygen atoms in total. The number of anilines is 1. The minimum Gasteiger partial charge on any atom is -0.504 e. The molecule has 0 fully saturated rings. The molecule has 1 unspecified atom stereocenters. The molecule has 0 aliphatic carbocycles. The molecule has 1 amide bonds. The third-order valence-electron chi connectivity index (χ3n) is 3.94. The Bertz CT molecular complexity index is 806. The number of carbonyl (C=O) groups excluding carboxylic acids is 1. The van der Waals surface area contributed by atoms with E-state index in [0.29, 0.717) is 22.8 Å². The van der Waals surface area contributed by atoms with Gasteiger partial charge in [0.15, 0.2) is 11.9 Å². The summed E-state index contributed by atoms with van der Waals surface area (Å²) in [6, 6.07) is 7.24. The smallest absolute Gasteiger partial charge is 0.265 e. The van der Waals surface area contributed by atoms with Crippen LogP contribution in [0, 0.1) is 20.8 Å². The van der Waals surface area contributed by atoms with Crippen LogP contribution in [0.5, 0.6) is 11.5 Å². The second-order valence-electron chi connectivity index (χ2n) is 5.97. The van der Waals surface area contributed by atoms with Gasteiger partial charge >= 0.3 is 0 Å². The van der Waals surface area contributed by atoms with E-state index in [1.165, 1.54) is 6.07 Å². The predicted octanol–water partition coefficient (Wildman–Crippen LogP) is 5.42. The van der Waals surface area contributed by atoms with Gasteiger partial charge in [-0.25, -0.2) is 0 Å². The van der Waals surface area contributed by atoms with Crippen molar-refractivity contribution >= 4 is 34.8 Å². The fourth-order valence-corrected chi connectivity index (χ4v) is 2.88. The first-order chi connectivity index (χ1) is 11.7. The predicted molar refractivity (Wildman–Crippen MR) is 102 cm³/mol. The molecule has 134 valence electrons. The minimum atomic E-state index is -0.709. The lowest BCUT2D eigenvalue weighted by molar-refractivity contribution is -0.122. The third kappa shape index (κ3) is 4.39. The van der Waals surface area contributed by atoms with Gasteiger partial charge in [0.1, 0.15) is 5.75 Å². The number of hydrogen-bond acceptors (Lipinski definition) is 3. The first-order valence-electron chi connectivity index (χ1n) is 7.96. The Kier molecular flexibility index (Phi) is 6.20. The van der Waals surface area contributed by atoms with Gasteiger partial charge in [0.05, 0.1) is 10.7 Å². The Labute approximate surface area is 157 Å². The summed E-state index contributed by atoms with van der Waals surface area (Å²) in [5, 5.41) is 13.2. The monoisotopic (exact) mass is 381 g/mol. The van der Waals surface area contributed by atoms with Gasteiger partial charge in [0.25, 0.3) is 5.91 Å². The largest absolute Gasteiger partial charge is 0.504 e. The normalized spacial score (nSPS) is 11.9. The average Bonchev–Trinajstić information content (AvgIpc) is 2.57. The maximum atomic E-state index is 12.6. The van der Waals surface area contributed by atoms with Crippen LogP contribution in [0.15, 0.2) is 24.3 Å². The SMILES string of the molecule is CCC(Oc1ccc(C)cc1C)C(=O)Nc1cc(Cl)c(C)c(Cl)c1O. The Morgan fingerprint density at radius 2 is 1.92 bits per heavy atom. The number of phenolic OH excluding ortho intramolecular Hbond substituents is 1. The summed E-state index contributed by atoms with van der Waals surface area (Å²) in [7, 11) is 0. The Balaban J connectivity index is 2.21. The molecule has 0 aliphatic rings. The second-order valence-corrected chi connectivity index (χ2v) is 6.75. The molecule has 6 heteroatoms. The molecular weight excluding hydrogens is 361 g/mol. The van der Waals surface area contributed by atoms with Crippen LogP contribution in [0.4, 0.5) is 5.69 Å². The van der Waals surface area contributed by atoms with Crippen molar-refractivity contribution in [3.63, 3.8) is 0 Å². The number of aryl methyl sites for hydroxylation is 2. The highest BCUT2D eigenvalue weighted by Crippen LogP contribution is 2.38. The molecule has 0 spiro atoms. The number of ether oxygens (including phenoxy) is 1. The van der Waals surface area contributed by atoms with Crippen LogP contribution in [-0.2, 0) is 4.79 Å². The molecule has 0 heterocycles. The van der Waals surface area contributed by atoms with Gasteiger partial charge in [0, 0.05) is 5.02 Å². The van der Waals surface area contributed by atoms with E-state index in [1.807, 2.05) is 39.0 Å². The Morgan fingerprint density at radius 1 is 1.24 bits per heavy atom. The second kappa shape index (κ2) is 7.98. The summed E-state index contributed by atoms with van der Waals surface area (Å²) in [5.41, 5.74) is 2.79. The number of amides is 1. The van der Waals surface area contributed by atoms with Crippen molar-refractivity contribution in [1.82, 2.24) is 0 Å². The van der Waals surface area contributed by atoms with Crippen molar-refractivity contribution in [2.24, 2.45) is 0 Å². The van der Waals surface area contributed by atoms with E-state index in [-0.39, 0.29) is 22.4 Å². The maximum Gasteiger partial charge on any atom is 0.265 e. The van der Waals surface area contributed by atoms with E-state index in [9.17, 15) is 9.90 Å². The van der Waals surface area contributed by atoms with E-state index >= 15 is 0 Å². The quantitative estimate of drug-likeness (QED) is 0.679. The Morgan fingerprint density at radius 3 is 2.52 bits per heavy atom. The van der Waals surface area contributed by atoms with Crippen LogP contribution in [-0.4, -0.2) is 17.1 Å². The van der Waals surface area contributed by atoms with E-state index in [0.717, 1.165) is 11.1 Å². The fraction of sp³-hybridized carbons (Fsp3) is 0.316. The van der Waals surface area contributed by atoms with Gasteiger partial charge in [-0.2, -0.15) is 0 Å². The van der Waals surface area contributed by atoms with Crippen molar-refractivity contribution in [2.45, 2.75) is 40.2 Å². The fourth-order valence-electron chi connectivity index (χ4n) is 2.42. The lowest BCUT2D eigenvalue weighted by atomic mass is 10.1. The number of carbonyl (C=O) groups is 1. The van der Waals surface area contributed by atoms with Gasteiger partial charge in [0.2, 0.25) is 0 Å². The highest BCUT2D eigenvalue weighted by atomic mass is 35.5.